The van der Waals surface area contributed by atoms with E-state index in [4.69, 9.17) is 25.8 Å². The van der Waals surface area contributed by atoms with Crippen LogP contribution < -0.4 is 14.8 Å². The van der Waals surface area contributed by atoms with Crippen molar-refractivity contribution in [2.24, 2.45) is 0 Å². The van der Waals surface area contributed by atoms with Crippen molar-refractivity contribution in [3.8, 4) is 11.5 Å². The smallest absolute Gasteiger partial charge is 0.409 e. The summed E-state index contributed by atoms with van der Waals surface area (Å²) in [4.78, 5) is 22.1. The van der Waals surface area contributed by atoms with E-state index in [2.05, 4.69) is 15.3 Å². The lowest BCUT2D eigenvalue weighted by Crippen LogP contribution is -2.41. The Hall–Kier alpha value is -3.33. The van der Waals surface area contributed by atoms with Crippen LogP contribution in [0.2, 0.25) is 5.02 Å². The van der Waals surface area contributed by atoms with Gasteiger partial charge in [0.1, 0.15) is 18.0 Å². The highest BCUT2D eigenvalue weighted by molar-refractivity contribution is 6.31. The summed E-state index contributed by atoms with van der Waals surface area (Å²) in [5.74, 6) is 1.18. The van der Waals surface area contributed by atoms with Crippen molar-refractivity contribution in [2.45, 2.75) is 37.8 Å². The third-order valence-electron chi connectivity index (χ3n) is 6.05. The topological polar surface area (TPSA) is 85.8 Å². The molecule has 180 valence electrons. The summed E-state index contributed by atoms with van der Waals surface area (Å²) in [6.07, 6.45) is 4.29. The van der Waals surface area contributed by atoms with E-state index in [9.17, 15) is 9.18 Å². The second-order valence-corrected chi connectivity index (χ2v) is 8.53. The number of nitrogens with one attached hydrogen (secondary N) is 1. The molecule has 34 heavy (non-hydrogen) atoms. The van der Waals surface area contributed by atoms with E-state index in [0.717, 1.165) is 31.1 Å². The van der Waals surface area contributed by atoms with E-state index in [0.29, 0.717) is 28.5 Å². The van der Waals surface area contributed by atoms with Crippen molar-refractivity contribution in [1.82, 2.24) is 14.9 Å². The second kappa shape index (κ2) is 10.3. The van der Waals surface area contributed by atoms with Crippen LogP contribution in [-0.2, 0) is 4.74 Å². The monoisotopic (exact) mass is 488 g/mol. The first kappa shape index (κ1) is 23.8. The van der Waals surface area contributed by atoms with Crippen LogP contribution in [-0.4, -0.2) is 54.4 Å². The van der Waals surface area contributed by atoms with Gasteiger partial charge < -0.3 is 24.4 Å². The predicted octanol–water partition coefficient (Wildman–Crippen LogP) is 5.56. The molecular formula is C24H26ClFN4O4. The number of nitrogens with zero attached hydrogens (tertiary/aromatic N) is 3. The Morgan fingerprint density at radius 1 is 1.12 bits per heavy atom. The lowest BCUT2D eigenvalue weighted by atomic mass is 9.92. The molecule has 4 rings (SSSR count). The summed E-state index contributed by atoms with van der Waals surface area (Å²) in [5.41, 5.74) is 1.26. The summed E-state index contributed by atoms with van der Waals surface area (Å²) >= 11 is 5.91. The molecule has 0 spiro atoms. The Morgan fingerprint density at radius 2 is 1.88 bits per heavy atom. The van der Waals surface area contributed by atoms with Crippen LogP contribution in [0.5, 0.6) is 11.5 Å². The normalized spacial score (nSPS) is 17.8. The van der Waals surface area contributed by atoms with Crippen molar-refractivity contribution in [3.05, 3.63) is 47.5 Å². The number of halogens is 2. The number of amides is 1. The fourth-order valence-electron chi connectivity index (χ4n) is 4.15. The maximum absolute atomic E-state index is 13.5. The standard InChI is InChI=1S/C24H26ClFN4O4/c1-30(24(31)33-3)15-5-7-16(8-6-15)34-22-11-17-20(12-21(22)32-2)27-13-28-23(17)29-14-4-9-19(26)18(25)10-14/h4,9-13,15-16H,5-8H2,1-3H3,(H,27,28,29)/t15-,16+. The van der Waals surface area contributed by atoms with Crippen LogP contribution in [0.15, 0.2) is 36.7 Å². The number of benzene rings is 2. The minimum Gasteiger partial charge on any atom is -0.493 e. The molecule has 0 unspecified atom stereocenters. The molecular weight excluding hydrogens is 463 g/mol. The Bertz CT molecular complexity index is 1190. The molecule has 1 aliphatic rings. The van der Waals surface area contributed by atoms with Gasteiger partial charge in [0, 0.05) is 30.2 Å². The average molecular weight is 489 g/mol. The fraction of sp³-hybridized carbons (Fsp3) is 0.375. The lowest BCUT2D eigenvalue weighted by molar-refractivity contribution is 0.0801. The maximum Gasteiger partial charge on any atom is 0.409 e. The van der Waals surface area contributed by atoms with Crippen molar-refractivity contribution in [1.29, 1.82) is 0 Å². The molecule has 0 saturated heterocycles. The highest BCUT2D eigenvalue weighted by atomic mass is 35.5. The van der Waals surface area contributed by atoms with Gasteiger partial charge in [-0.25, -0.2) is 19.2 Å². The molecule has 1 aromatic heterocycles. The van der Waals surface area contributed by atoms with Gasteiger partial charge >= 0.3 is 6.09 Å². The molecule has 1 N–H and O–H groups in total. The number of rotatable bonds is 6. The van der Waals surface area contributed by atoms with Crippen LogP contribution >= 0.6 is 11.6 Å². The first-order chi connectivity index (χ1) is 16.4. The van der Waals surface area contributed by atoms with E-state index in [1.54, 1.807) is 31.2 Å². The minimum atomic E-state index is -0.493. The molecule has 8 nitrogen and oxygen atoms in total. The number of anilines is 2. The lowest BCUT2D eigenvalue weighted by Gasteiger charge is -2.34. The first-order valence-electron chi connectivity index (χ1n) is 10.9. The molecule has 0 aliphatic heterocycles. The zero-order valence-corrected chi connectivity index (χ0v) is 19.9. The molecule has 1 fully saturated rings. The van der Waals surface area contributed by atoms with E-state index >= 15 is 0 Å². The Kier molecular flexibility index (Phi) is 7.21. The molecule has 2 aromatic carbocycles. The highest BCUT2D eigenvalue weighted by Gasteiger charge is 2.28. The number of hydrogen-bond donors (Lipinski definition) is 1. The van der Waals surface area contributed by atoms with Crippen LogP contribution in [0.4, 0.5) is 20.7 Å². The summed E-state index contributed by atoms with van der Waals surface area (Å²) in [6.45, 7) is 0. The number of carbonyl (C=O) groups is 1. The van der Waals surface area contributed by atoms with Gasteiger partial charge in [0.05, 0.1) is 30.9 Å². The van der Waals surface area contributed by atoms with E-state index in [-0.39, 0.29) is 23.3 Å². The zero-order chi connectivity index (χ0) is 24.2. The summed E-state index contributed by atoms with van der Waals surface area (Å²) in [5, 5.41) is 3.91. The SMILES string of the molecule is COC(=O)N(C)[C@H]1CC[C@@H](Oc2cc3c(Nc4ccc(F)c(Cl)c4)ncnc3cc2OC)CC1. The number of hydrogen-bond acceptors (Lipinski definition) is 7. The van der Waals surface area contributed by atoms with E-state index in [1.807, 2.05) is 6.07 Å². The van der Waals surface area contributed by atoms with Crippen molar-refractivity contribution in [2.75, 3.05) is 26.6 Å². The van der Waals surface area contributed by atoms with Crippen LogP contribution in [0, 0.1) is 5.82 Å². The average Bonchev–Trinajstić information content (AvgIpc) is 2.85. The van der Waals surface area contributed by atoms with Gasteiger partial charge in [0.2, 0.25) is 0 Å². The van der Waals surface area contributed by atoms with Gasteiger partial charge in [-0.15, -0.1) is 0 Å². The summed E-state index contributed by atoms with van der Waals surface area (Å²) in [7, 11) is 4.72. The number of methoxy groups -OCH3 is 2. The molecule has 0 bridgehead atoms. The second-order valence-electron chi connectivity index (χ2n) is 8.13. The van der Waals surface area contributed by atoms with Gasteiger partial charge in [-0.3, -0.25) is 0 Å². The molecule has 1 aliphatic carbocycles. The maximum atomic E-state index is 13.5. The Labute approximate surface area is 202 Å². The predicted molar refractivity (Wildman–Crippen MR) is 128 cm³/mol. The van der Waals surface area contributed by atoms with Crippen molar-refractivity contribution in [3.63, 3.8) is 0 Å². The molecule has 1 heterocycles. The van der Waals surface area contributed by atoms with Crippen LogP contribution in [0.3, 0.4) is 0 Å². The number of carbonyl (C=O) groups excluding carboxylic acids is 1. The van der Waals surface area contributed by atoms with Crippen molar-refractivity contribution < 1.29 is 23.4 Å². The zero-order valence-electron chi connectivity index (χ0n) is 19.2. The van der Waals surface area contributed by atoms with E-state index in [1.165, 1.54) is 25.6 Å². The van der Waals surface area contributed by atoms with Gasteiger partial charge in [0.15, 0.2) is 11.5 Å². The molecule has 10 heteroatoms. The first-order valence-corrected chi connectivity index (χ1v) is 11.3. The molecule has 3 aromatic rings. The fourth-order valence-corrected chi connectivity index (χ4v) is 4.33. The Balaban J connectivity index is 1.55. The minimum absolute atomic E-state index is 0.0162. The summed E-state index contributed by atoms with van der Waals surface area (Å²) < 4.78 is 30.2. The van der Waals surface area contributed by atoms with Gasteiger partial charge in [-0.05, 0) is 49.9 Å². The summed E-state index contributed by atoms with van der Waals surface area (Å²) in [6, 6.07) is 8.13. The highest BCUT2D eigenvalue weighted by Crippen LogP contribution is 2.37. The quantitative estimate of drug-likeness (QED) is 0.486. The third kappa shape index (κ3) is 5.09. The molecule has 0 atom stereocenters. The third-order valence-corrected chi connectivity index (χ3v) is 6.34. The molecule has 0 radical (unpaired) electrons. The largest absolute Gasteiger partial charge is 0.493 e. The Morgan fingerprint density at radius 3 is 2.56 bits per heavy atom. The number of aromatic nitrogens is 2. The van der Waals surface area contributed by atoms with E-state index < -0.39 is 5.82 Å². The molecule has 1 amide bonds. The van der Waals surface area contributed by atoms with Gasteiger partial charge in [-0.1, -0.05) is 11.6 Å². The van der Waals surface area contributed by atoms with Gasteiger partial charge in [0.25, 0.3) is 0 Å². The van der Waals surface area contributed by atoms with Crippen LogP contribution in [0.1, 0.15) is 25.7 Å². The van der Waals surface area contributed by atoms with Crippen molar-refractivity contribution >= 4 is 40.1 Å². The number of fused-ring (bicyclic) bond motifs is 1. The van der Waals surface area contributed by atoms with Crippen LogP contribution in [0.25, 0.3) is 10.9 Å². The number of ether oxygens (including phenoxy) is 3. The van der Waals surface area contributed by atoms with Gasteiger partial charge in [-0.2, -0.15) is 0 Å². The molecule has 1 saturated carbocycles.